The lowest BCUT2D eigenvalue weighted by Crippen LogP contribution is -2.11. The van der Waals surface area contributed by atoms with Crippen molar-refractivity contribution in [1.29, 1.82) is 0 Å². The Hall–Kier alpha value is -2.38. The molecule has 0 spiro atoms. The van der Waals surface area contributed by atoms with Crippen molar-refractivity contribution in [2.75, 3.05) is 5.32 Å². The summed E-state index contributed by atoms with van der Waals surface area (Å²) in [6.45, 7) is 1.60. The third-order valence-electron chi connectivity index (χ3n) is 3.09. The summed E-state index contributed by atoms with van der Waals surface area (Å²) in [5.74, 6) is -0.127. The minimum absolute atomic E-state index is 0.0534. The van der Waals surface area contributed by atoms with Gasteiger partial charge in [-0.25, -0.2) is 0 Å². The van der Waals surface area contributed by atoms with Gasteiger partial charge in [-0.15, -0.1) is 0 Å². The number of halogens is 6. The first kappa shape index (κ1) is 17.0. The van der Waals surface area contributed by atoms with Crippen molar-refractivity contribution >= 4 is 11.4 Å². The van der Waals surface area contributed by atoms with Crippen molar-refractivity contribution in [3.8, 4) is 5.75 Å². The Labute approximate surface area is 127 Å². The van der Waals surface area contributed by atoms with Gasteiger partial charge in [0, 0.05) is 17.4 Å². The van der Waals surface area contributed by atoms with Crippen LogP contribution in [0.5, 0.6) is 5.75 Å². The highest BCUT2D eigenvalue weighted by molar-refractivity contribution is 5.64. The molecule has 8 heteroatoms. The normalized spacial score (nSPS) is 12.3. The topological polar surface area (TPSA) is 32.3 Å². The second-order valence-corrected chi connectivity index (χ2v) is 4.92. The number of nitrogens with one attached hydrogen (secondary N) is 1. The Balaban J connectivity index is 2.46. The van der Waals surface area contributed by atoms with Crippen LogP contribution in [0, 0.1) is 6.92 Å². The van der Waals surface area contributed by atoms with Gasteiger partial charge in [0.1, 0.15) is 5.75 Å². The summed E-state index contributed by atoms with van der Waals surface area (Å²) >= 11 is 0. The highest BCUT2D eigenvalue weighted by atomic mass is 19.4. The van der Waals surface area contributed by atoms with Crippen molar-refractivity contribution in [1.82, 2.24) is 0 Å². The van der Waals surface area contributed by atoms with Gasteiger partial charge in [-0.05, 0) is 36.8 Å². The Morgan fingerprint density at radius 2 is 1.30 bits per heavy atom. The molecule has 23 heavy (non-hydrogen) atoms. The highest BCUT2D eigenvalue weighted by Gasteiger charge is 2.36. The quantitative estimate of drug-likeness (QED) is 0.712. The van der Waals surface area contributed by atoms with E-state index in [1.807, 2.05) is 0 Å². The Morgan fingerprint density at radius 3 is 1.74 bits per heavy atom. The van der Waals surface area contributed by atoms with Crippen LogP contribution in [0.25, 0.3) is 0 Å². The molecule has 2 aromatic rings. The van der Waals surface area contributed by atoms with Gasteiger partial charge < -0.3 is 10.4 Å². The van der Waals surface area contributed by atoms with Crippen molar-refractivity contribution in [2.45, 2.75) is 19.3 Å². The third kappa shape index (κ3) is 4.08. The smallest absolute Gasteiger partial charge is 0.416 e. The predicted octanol–water partition coefficient (Wildman–Crippen LogP) is 5.48. The van der Waals surface area contributed by atoms with Gasteiger partial charge in [0.15, 0.2) is 0 Å². The molecule has 2 aromatic carbocycles. The van der Waals surface area contributed by atoms with Gasteiger partial charge in [-0.3, -0.25) is 0 Å². The zero-order chi connectivity index (χ0) is 17.4. The molecule has 2 N–H and O–H groups in total. The summed E-state index contributed by atoms with van der Waals surface area (Å²) in [6, 6.07) is 5.33. The summed E-state index contributed by atoms with van der Waals surface area (Å²) in [5.41, 5.74) is -2.51. The fourth-order valence-corrected chi connectivity index (χ4v) is 1.88. The largest absolute Gasteiger partial charge is 0.508 e. The SMILES string of the molecule is Cc1ccc(Nc2cc(C(F)(F)F)cc(C(F)(F)F)c2)cc1O. The number of benzene rings is 2. The fourth-order valence-electron chi connectivity index (χ4n) is 1.88. The summed E-state index contributed by atoms with van der Waals surface area (Å²) in [5, 5.41) is 12.0. The van der Waals surface area contributed by atoms with Crippen molar-refractivity contribution in [3.63, 3.8) is 0 Å². The van der Waals surface area contributed by atoms with Crippen LogP contribution in [-0.2, 0) is 12.4 Å². The summed E-state index contributed by atoms with van der Waals surface area (Å²) in [7, 11) is 0. The van der Waals surface area contributed by atoms with E-state index in [1.54, 1.807) is 6.92 Å². The van der Waals surface area contributed by atoms with Crippen molar-refractivity contribution in [2.24, 2.45) is 0 Å². The number of aryl methyl sites for hydroxylation is 1. The van der Waals surface area contributed by atoms with Gasteiger partial charge >= 0.3 is 12.4 Å². The number of rotatable bonds is 2. The van der Waals surface area contributed by atoms with Crippen LogP contribution >= 0.6 is 0 Å². The van der Waals surface area contributed by atoms with E-state index in [0.29, 0.717) is 17.7 Å². The highest BCUT2D eigenvalue weighted by Crippen LogP contribution is 2.38. The van der Waals surface area contributed by atoms with E-state index < -0.39 is 23.5 Å². The van der Waals surface area contributed by atoms with E-state index in [-0.39, 0.29) is 23.2 Å². The molecule has 0 saturated heterocycles. The van der Waals surface area contributed by atoms with E-state index in [4.69, 9.17) is 0 Å². The average Bonchev–Trinajstić information content (AvgIpc) is 2.41. The van der Waals surface area contributed by atoms with Crippen LogP contribution in [0.2, 0.25) is 0 Å². The number of hydrogen-bond acceptors (Lipinski definition) is 2. The van der Waals surface area contributed by atoms with E-state index in [9.17, 15) is 31.4 Å². The molecule has 2 rings (SSSR count). The molecule has 0 unspecified atom stereocenters. The number of phenols is 1. The molecule has 0 bridgehead atoms. The zero-order valence-corrected chi connectivity index (χ0v) is 11.7. The first-order valence-electron chi connectivity index (χ1n) is 6.33. The maximum atomic E-state index is 12.8. The standard InChI is InChI=1S/C15H11F6NO/c1-8-2-3-11(7-13(8)23)22-12-5-9(14(16,17)18)4-10(6-12)15(19,20)21/h2-7,22-23H,1H3. The Morgan fingerprint density at radius 1 is 0.783 bits per heavy atom. The molecule has 0 aliphatic heterocycles. The van der Waals surface area contributed by atoms with E-state index >= 15 is 0 Å². The fraction of sp³-hybridized carbons (Fsp3) is 0.200. The lowest BCUT2D eigenvalue weighted by Gasteiger charge is -2.15. The lowest BCUT2D eigenvalue weighted by atomic mass is 10.1. The molecule has 0 aliphatic rings. The number of phenolic OH excluding ortho intramolecular Hbond substituents is 1. The summed E-state index contributed by atoms with van der Waals surface area (Å²) in [6.07, 6.45) is -9.82. The third-order valence-corrected chi connectivity index (χ3v) is 3.09. The van der Waals surface area contributed by atoms with Crippen molar-refractivity contribution < 1.29 is 31.4 Å². The first-order chi connectivity index (χ1) is 10.5. The van der Waals surface area contributed by atoms with E-state index in [1.165, 1.54) is 18.2 Å². The van der Waals surface area contributed by atoms with Crippen LogP contribution in [0.3, 0.4) is 0 Å². The van der Waals surface area contributed by atoms with Gasteiger partial charge in [0.25, 0.3) is 0 Å². The number of aromatic hydroxyl groups is 1. The minimum atomic E-state index is -4.91. The summed E-state index contributed by atoms with van der Waals surface area (Å²) < 4.78 is 76.5. The summed E-state index contributed by atoms with van der Waals surface area (Å²) in [4.78, 5) is 0. The average molecular weight is 335 g/mol. The Bertz CT molecular complexity index is 689. The molecule has 0 saturated carbocycles. The van der Waals surface area contributed by atoms with E-state index in [2.05, 4.69) is 5.32 Å². The maximum absolute atomic E-state index is 12.8. The maximum Gasteiger partial charge on any atom is 0.416 e. The lowest BCUT2D eigenvalue weighted by molar-refractivity contribution is -0.143. The molecular formula is C15H11F6NO. The molecule has 2 nitrogen and oxygen atoms in total. The van der Waals surface area contributed by atoms with Crippen molar-refractivity contribution in [3.05, 3.63) is 53.1 Å². The van der Waals surface area contributed by atoms with Crippen LogP contribution in [0.1, 0.15) is 16.7 Å². The van der Waals surface area contributed by atoms with Crippen LogP contribution in [-0.4, -0.2) is 5.11 Å². The minimum Gasteiger partial charge on any atom is -0.508 e. The molecule has 124 valence electrons. The van der Waals surface area contributed by atoms with Crippen LogP contribution in [0.15, 0.2) is 36.4 Å². The molecule has 0 aliphatic carbocycles. The molecule has 0 heterocycles. The van der Waals surface area contributed by atoms with Crippen LogP contribution < -0.4 is 5.32 Å². The predicted molar refractivity (Wildman–Crippen MR) is 72.6 cm³/mol. The number of anilines is 2. The number of alkyl halides is 6. The van der Waals surface area contributed by atoms with Gasteiger partial charge in [0.05, 0.1) is 11.1 Å². The van der Waals surface area contributed by atoms with E-state index in [0.717, 1.165) is 0 Å². The molecule has 0 fully saturated rings. The molecule has 0 radical (unpaired) electrons. The zero-order valence-electron chi connectivity index (χ0n) is 11.7. The van der Waals surface area contributed by atoms with Gasteiger partial charge in [-0.1, -0.05) is 6.07 Å². The first-order valence-corrected chi connectivity index (χ1v) is 6.33. The number of hydrogen-bond donors (Lipinski definition) is 2. The van der Waals surface area contributed by atoms with Crippen LogP contribution in [0.4, 0.5) is 37.7 Å². The second kappa shape index (κ2) is 5.68. The molecule has 0 amide bonds. The Kier molecular flexibility index (Phi) is 4.19. The molecule has 0 atom stereocenters. The second-order valence-electron chi connectivity index (χ2n) is 4.92. The van der Waals surface area contributed by atoms with Gasteiger partial charge in [0.2, 0.25) is 0 Å². The molecule has 0 aromatic heterocycles. The monoisotopic (exact) mass is 335 g/mol. The molecular weight excluding hydrogens is 324 g/mol. The van der Waals surface area contributed by atoms with Gasteiger partial charge in [-0.2, -0.15) is 26.3 Å².